The molecule has 3 aliphatic rings. The molecule has 3 saturated heterocycles. The molecule has 2 aromatic rings. The molecule has 196 valence electrons. The van der Waals surface area contributed by atoms with Crippen LogP contribution in [0.5, 0.6) is 0 Å². The molecule has 0 saturated carbocycles. The lowest BCUT2D eigenvalue weighted by molar-refractivity contribution is -0.142. The molecule has 3 heterocycles. The highest BCUT2D eigenvalue weighted by atomic mass is 32.2. The fourth-order valence-corrected chi connectivity index (χ4v) is 8.82. The number of nitrogens with one attached hydrogen (secondary N) is 2. The maximum Gasteiger partial charge on any atom is 0.248 e. The van der Waals surface area contributed by atoms with E-state index in [1.165, 1.54) is 0 Å². The first-order valence-corrected chi connectivity index (χ1v) is 13.9. The average molecular weight is 522 g/mol. The number of aliphatic hydroxyl groups is 1. The maximum absolute atomic E-state index is 14.2. The number of para-hydroxylation sites is 2. The minimum absolute atomic E-state index is 0.0260. The minimum Gasteiger partial charge on any atom is -0.394 e. The number of hydrogen-bond donors (Lipinski definition) is 3. The quantitative estimate of drug-likeness (QED) is 0.512. The van der Waals surface area contributed by atoms with Gasteiger partial charge in [-0.05, 0) is 55.9 Å². The Hall–Kier alpha value is -2.84. The third kappa shape index (κ3) is 4.14. The summed E-state index contributed by atoms with van der Waals surface area (Å²) in [4.78, 5) is 43.5. The lowest BCUT2D eigenvalue weighted by Crippen LogP contribution is -2.56. The van der Waals surface area contributed by atoms with Gasteiger partial charge in [0.15, 0.2) is 0 Å². The second-order valence-electron chi connectivity index (χ2n) is 10.9. The molecule has 0 aliphatic carbocycles. The number of rotatable bonds is 7. The molecule has 8 heteroatoms. The van der Waals surface area contributed by atoms with E-state index in [0.717, 1.165) is 23.2 Å². The molecule has 2 bridgehead atoms. The topological polar surface area (TPSA) is 98.7 Å². The first kappa shape index (κ1) is 25.8. The van der Waals surface area contributed by atoms with E-state index in [4.69, 9.17) is 0 Å². The fourth-order valence-electron chi connectivity index (χ4n) is 6.62. The average Bonchev–Trinajstić information content (AvgIpc) is 3.50. The molecule has 3 aliphatic heterocycles. The summed E-state index contributed by atoms with van der Waals surface area (Å²) in [6.07, 6.45) is 1.46. The fraction of sp³-hybridized carbons (Fsp3) is 0.483. The first-order chi connectivity index (χ1) is 17.7. The van der Waals surface area contributed by atoms with Crippen molar-refractivity contribution in [3.63, 3.8) is 0 Å². The van der Waals surface area contributed by atoms with Crippen LogP contribution < -0.4 is 10.6 Å². The number of amides is 3. The van der Waals surface area contributed by atoms with Crippen molar-refractivity contribution >= 4 is 40.9 Å². The number of fused-ring (bicyclic) bond motifs is 1. The number of aliphatic hydroxyl groups excluding tert-OH is 1. The van der Waals surface area contributed by atoms with E-state index < -0.39 is 28.7 Å². The highest BCUT2D eigenvalue weighted by molar-refractivity contribution is 8.02. The number of aryl methyl sites for hydroxylation is 2. The van der Waals surface area contributed by atoms with Gasteiger partial charge in [-0.15, -0.1) is 11.8 Å². The Bertz CT molecular complexity index is 1200. The zero-order valence-electron chi connectivity index (χ0n) is 21.7. The summed E-state index contributed by atoms with van der Waals surface area (Å²) in [6, 6.07) is 13.8. The van der Waals surface area contributed by atoms with Gasteiger partial charge >= 0.3 is 0 Å². The van der Waals surface area contributed by atoms with E-state index in [9.17, 15) is 19.5 Å². The third-order valence-corrected chi connectivity index (χ3v) is 10.3. The van der Waals surface area contributed by atoms with Crippen molar-refractivity contribution in [3.8, 4) is 0 Å². The van der Waals surface area contributed by atoms with E-state index in [1.54, 1.807) is 16.7 Å². The Labute approximate surface area is 222 Å². The van der Waals surface area contributed by atoms with Crippen molar-refractivity contribution in [3.05, 3.63) is 59.7 Å². The van der Waals surface area contributed by atoms with E-state index in [0.29, 0.717) is 12.1 Å². The minimum atomic E-state index is -0.770. The zero-order chi connectivity index (χ0) is 26.5. The Morgan fingerprint density at radius 2 is 1.73 bits per heavy atom. The van der Waals surface area contributed by atoms with Gasteiger partial charge in [-0.25, -0.2) is 0 Å². The van der Waals surface area contributed by atoms with Gasteiger partial charge in [0.2, 0.25) is 17.7 Å². The smallest absolute Gasteiger partial charge is 0.248 e. The molecule has 7 nitrogen and oxygen atoms in total. The van der Waals surface area contributed by atoms with Gasteiger partial charge in [-0.3, -0.25) is 14.4 Å². The number of likely N-dealkylation sites (tertiary alicyclic amines) is 1. The predicted molar refractivity (Wildman–Crippen MR) is 146 cm³/mol. The van der Waals surface area contributed by atoms with Crippen LogP contribution in [0, 0.1) is 31.6 Å². The Balaban J connectivity index is 1.53. The molecule has 3 fully saturated rings. The number of hydrogen-bond acceptors (Lipinski definition) is 5. The molecule has 3 N–H and O–H groups in total. The molecular formula is C29H35N3O4S. The number of carbonyl (C=O) groups is 3. The molecule has 2 unspecified atom stereocenters. The standard InChI is InChI=1S/C29H35N3O4S/c1-16(2)20(15-33)32-25(27(35)31-24-17(3)9-8-10-18(24)4)29-14-13-21(37-29)22(23(29)28(32)36)26(34)30-19-11-6-5-7-12-19/h5-12,16,20-23,25,33H,13-15H2,1-4H3,(H,30,34)(H,31,35)/t20-,21+,22-,23-,25?,29?/m0/s1. The van der Waals surface area contributed by atoms with Crippen molar-refractivity contribution in [1.29, 1.82) is 0 Å². The number of nitrogens with zero attached hydrogens (tertiary/aromatic N) is 1. The van der Waals surface area contributed by atoms with Crippen molar-refractivity contribution < 1.29 is 19.5 Å². The van der Waals surface area contributed by atoms with Gasteiger partial charge in [0, 0.05) is 16.6 Å². The number of thioether (sulfide) groups is 1. The van der Waals surface area contributed by atoms with Crippen LogP contribution in [0.15, 0.2) is 48.5 Å². The third-order valence-electron chi connectivity index (χ3n) is 8.37. The summed E-state index contributed by atoms with van der Waals surface area (Å²) in [5.41, 5.74) is 3.34. The van der Waals surface area contributed by atoms with Crippen LogP contribution in [0.4, 0.5) is 11.4 Å². The van der Waals surface area contributed by atoms with E-state index in [2.05, 4.69) is 10.6 Å². The molecule has 1 spiro atoms. The maximum atomic E-state index is 14.2. The summed E-state index contributed by atoms with van der Waals surface area (Å²) >= 11 is 1.63. The number of anilines is 2. The van der Waals surface area contributed by atoms with Gasteiger partial charge in [-0.1, -0.05) is 50.2 Å². The lowest BCUT2D eigenvalue weighted by atomic mass is 9.70. The van der Waals surface area contributed by atoms with Crippen LogP contribution in [-0.2, 0) is 14.4 Å². The molecule has 3 amide bonds. The van der Waals surface area contributed by atoms with Crippen LogP contribution in [0.1, 0.15) is 37.8 Å². The number of benzene rings is 2. The zero-order valence-corrected chi connectivity index (χ0v) is 22.5. The molecule has 0 aromatic heterocycles. The van der Waals surface area contributed by atoms with Crippen molar-refractivity contribution in [2.75, 3.05) is 17.2 Å². The molecule has 37 heavy (non-hydrogen) atoms. The monoisotopic (exact) mass is 521 g/mol. The van der Waals surface area contributed by atoms with Crippen LogP contribution >= 0.6 is 11.8 Å². The van der Waals surface area contributed by atoms with Gasteiger partial charge in [0.1, 0.15) is 6.04 Å². The normalized spacial score (nSPS) is 28.9. The van der Waals surface area contributed by atoms with E-state index >= 15 is 0 Å². The highest BCUT2D eigenvalue weighted by Crippen LogP contribution is 2.67. The highest BCUT2D eigenvalue weighted by Gasteiger charge is 2.74. The molecule has 6 atom stereocenters. The van der Waals surface area contributed by atoms with Crippen LogP contribution in [0.3, 0.4) is 0 Å². The predicted octanol–water partition coefficient (Wildman–Crippen LogP) is 3.99. The Morgan fingerprint density at radius 1 is 1.05 bits per heavy atom. The van der Waals surface area contributed by atoms with Crippen molar-refractivity contribution in [2.24, 2.45) is 17.8 Å². The molecular weight excluding hydrogens is 486 g/mol. The van der Waals surface area contributed by atoms with Crippen molar-refractivity contribution in [1.82, 2.24) is 4.90 Å². The van der Waals surface area contributed by atoms with Crippen LogP contribution in [-0.4, -0.2) is 56.4 Å². The SMILES string of the molecule is Cc1cccc(C)c1NC(=O)C1N([C@@H](CO)C(C)C)C(=O)[C@@H]2[C@@H](C(=O)Nc3ccccc3)[C@H]3CCC12S3. The molecule has 5 rings (SSSR count). The summed E-state index contributed by atoms with van der Waals surface area (Å²) < 4.78 is -0.705. The Morgan fingerprint density at radius 3 is 2.35 bits per heavy atom. The van der Waals surface area contributed by atoms with E-state index in [-0.39, 0.29) is 35.5 Å². The van der Waals surface area contributed by atoms with Gasteiger partial charge < -0.3 is 20.6 Å². The second kappa shape index (κ2) is 9.80. The largest absolute Gasteiger partial charge is 0.394 e. The summed E-state index contributed by atoms with van der Waals surface area (Å²) in [7, 11) is 0. The lowest BCUT2D eigenvalue weighted by Gasteiger charge is -2.38. The second-order valence-corrected chi connectivity index (χ2v) is 12.5. The number of carbonyl (C=O) groups excluding carboxylic acids is 3. The Kier molecular flexibility index (Phi) is 6.83. The summed E-state index contributed by atoms with van der Waals surface area (Å²) in [5, 5.41) is 16.5. The summed E-state index contributed by atoms with van der Waals surface area (Å²) in [5.74, 6) is -1.81. The van der Waals surface area contributed by atoms with Gasteiger partial charge in [-0.2, -0.15) is 0 Å². The molecule has 0 radical (unpaired) electrons. The summed E-state index contributed by atoms with van der Waals surface area (Å²) in [6.45, 7) is 7.56. The van der Waals surface area contributed by atoms with Crippen molar-refractivity contribution in [2.45, 2.75) is 62.6 Å². The molecule has 2 aromatic carbocycles. The van der Waals surface area contributed by atoms with E-state index in [1.807, 2.05) is 76.2 Å². The van der Waals surface area contributed by atoms with Crippen LogP contribution in [0.25, 0.3) is 0 Å². The van der Waals surface area contributed by atoms with Crippen LogP contribution in [0.2, 0.25) is 0 Å². The van der Waals surface area contributed by atoms with Gasteiger partial charge in [0.05, 0.1) is 29.2 Å². The van der Waals surface area contributed by atoms with Gasteiger partial charge in [0.25, 0.3) is 0 Å². The first-order valence-electron chi connectivity index (χ1n) is 13.0.